The molecule has 2 amide bonds. The smallest absolute Gasteiger partial charge is 0.314 e. The van der Waals surface area contributed by atoms with Crippen molar-refractivity contribution in [3.8, 4) is 0 Å². The number of hydrogen-bond acceptors (Lipinski definition) is 2. The van der Waals surface area contributed by atoms with Crippen molar-refractivity contribution in [2.75, 3.05) is 13.1 Å². The predicted octanol–water partition coefficient (Wildman–Crippen LogP) is 2.80. The molecule has 0 saturated heterocycles. The fraction of sp³-hybridized carbons (Fsp3) is 0.533. The highest BCUT2D eigenvalue weighted by Crippen LogP contribution is 2.24. The highest BCUT2D eigenvalue weighted by Gasteiger charge is 2.21. The molecule has 0 aliphatic carbocycles. The highest BCUT2D eigenvalue weighted by atomic mass is 79.9. The summed E-state index contributed by atoms with van der Waals surface area (Å²) < 4.78 is 1.03. The zero-order chi connectivity index (χ0) is 15.2. The Balaban J connectivity index is 2.45. The Morgan fingerprint density at radius 3 is 2.70 bits per heavy atom. The molecule has 0 heterocycles. The maximum absolute atomic E-state index is 11.7. The van der Waals surface area contributed by atoms with Crippen LogP contribution in [0.25, 0.3) is 0 Å². The fourth-order valence-electron chi connectivity index (χ4n) is 1.77. The van der Waals surface area contributed by atoms with Crippen molar-refractivity contribution in [3.63, 3.8) is 0 Å². The summed E-state index contributed by atoms with van der Waals surface area (Å²) in [6.07, 6.45) is 0.163. The molecule has 0 aromatic heterocycles. The summed E-state index contributed by atoms with van der Waals surface area (Å²) >= 11 is 3.46. The first-order valence-corrected chi connectivity index (χ1v) is 7.56. The molecule has 0 spiro atoms. The summed E-state index contributed by atoms with van der Waals surface area (Å²) in [6.45, 7) is 6.90. The monoisotopic (exact) mass is 342 g/mol. The molecule has 0 radical (unpaired) electrons. The van der Waals surface area contributed by atoms with Crippen molar-refractivity contribution >= 4 is 22.0 Å². The van der Waals surface area contributed by atoms with Gasteiger partial charge in [0.25, 0.3) is 0 Å². The normalized spacial score (nSPS) is 12.8. The van der Waals surface area contributed by atoms with Gasteiger partial charge in [-0.1, -0.05) is 41.9 Å². The van der Waals surface area contributed by atoms with E-state index in [9.17, 15) is 4.79 Å². The van der Waals surface area contributed by atoms with Crippen LogP contribution in [0, 0.1) is 0 Å². The zero-order valence-electron chi connectivity index (χ0n) is 12.2. The summed E-state index contributed by atoms with van der Waals surface area (Å²) in [5, 5.41) is 14.7. The minimum atomic E-state index is -0.395. The van der Waals surface area contributed by atoms with E-state index >= 15 is 0 Å². The standard InChI is InChI=1S/C15H23BrN2O2/c1-11(19)7-8-17-14(20)18-10-15(2,3)12-5-4-6-13(16)9-12/h4-6,9,11,19H,7-8,10H2,1-3H3,(H2,17,18,20). The number of aliphatic hydroxyl groups excluding tert-OH is 1. The number of urea groups is 1. The topological polar surface area (TPSA) is 61.4 Å². The van der Waals surface area contributed by atoms with Crippen molar-refractivity contribution < 1.29 is 9.90 Å². The number of halogens is 1. The zero-order valence-corrected chi connectivity index (χ0v) is 13.8. The number of aliphatic hydroxyl groups is 1. The molecule has 20 heavy (non-hydrogen) atoms. The quantitative estimate of drug-likeness (QED) is 0.744. The first kappa shape index (κ1) is 17.0. The van der Waals surface area contributed by atoms with Crippen LogP contribution in [-0.4, -0.2) is 30.3 Å². The number of carbonyl (C=O) groups excluding carboxylic acids is 1. The second-order valence-corrected chi connectivity index (χ2v) is 6.56. The summed E-state index contributed by atoms with van der Waals surface area (Å²) in [4.78, 5) is 11.7. The highest BCUT2D eigenvalue weighted by molar-refractivity contribution is 9.10. The predicted molar refractivity (Wildman–Crippen MR) is 84.9 cm³/mol. The second-order valence-electron chi connectivity index (χ2n) is 5.64. The molecular weight excluding hydrogens is 320 g/mol. The third-order valence-electron chi connectivity index (χ3n) is 3.14. The molecule has 1 rings (SSSR count). The van der Waals surface area contributed by atoms with Crippen LogP contribution in [0.2, 0.25) is 0 Å². The van der Waals surface area contributed by atoms with Gasteiger partial charge in [0.1, 0.15) is 0 Å². The number of benzene rings is 1. The molecule has 4 nitrogen and oxygen atoms in total. The molecule has 0 saturated carbocycles. The average Bonchev–Trinajstić information content (AvgIpc) is 2.36. The average molecular weight is 343 g/mol. The van der Waals surface area contributed by atoms with Gasteiger partial charge in [-0.25, -0.2) is 4.79 Å². The van der Waals surface area contributed by atoms with Gasteiger partial charge in [0.2, 0.25) is 0 Å². The first-order valence-electron chi connectivity index (χ1n) is 6.77. The summed E-state index contributed by atoms with van der Waals surface area (Å²) in [6, 6.07) is 7.89. The molecule has 0 fully saturated rings. The molecule has 1 unspecified atom stereocenters. The van der Waals surface area contributed by atoms with E-state index in [0.29, 0.717) is 19.5 Å². The van der Waals surface area contributed by atoms with Crippen molar-refractivity contribution in [2.45, 2.75) is 38.7 Å². The van der Waals surface area contributed by atoms with Crippen LogP contribution >= 0.6 is 15.9 Å². The number of nitrogens with one attached hydrogen (secondary N) is 2. The lowest BCUT2D eigenvalue weighted by Gasteiger charge is -2.26. The van der Waals surface area contributed by atoms with Crippen molar-refractivity contribution in [1.82, 2.24) is 10.6 Å². The minimum absolute atomic E-state index is 0.147. The van der Waals surface area contributed by atoms with E-state index in [2.05, 4.69) is 52.5 Å². The third-order valence-corrected chi connectivity index (χ3v) is 3.64. The Bertz CT molecular complexity index is 447. The molecule has 0 bridgehead atoms. The number of amides is 2. The Kier molecular flexibility index (Phi) is 6.49. The van der Waals surface area contributed by atoms with Gasteiger partial charge in [0.15, 0.2) is 0 Å². The maximum Gasteiger partial charge on any atom is 0.314 e. The van der Waals surface area contributed by atoms with E-state index < -0.39 is 6.10 Å². The molecule has 3 N–H and O–H groups in total. The summed E-state index contributed by atoms with van der Waals surface area (Å²) in [5.74, 6) is 0. The van der Waals surface area contributed by atoms with Gasteiger partial charge in [-0.05, 0) is 31.0 Å². The Hall–Kier alpha value is -1.07. The lowest BCUT2D eigenvalue weighted by molar-refractivity contribution is 0.183. The summed E-state index contributed by atoms with van der Waals surface area (Å²) in [7, 11) is 0. The molecular formula is C15H23BrN2O2. The van der Waals surface area contributed by atoms with Gasteiger partial charge in [0, 0.05) is 23.0 Å². The first-order chi connectivity index (χ1) is 9.31. The van der Waals surface area contributed by atoms with Gasteiger partial charge >= 0.3 is 6.03 Å². The van der Waals surface area contributed by atoms with Gasteiger partial charge < -0.3 is 15.7 Å². The van der Waals surface area contributed by atoms with Crippen LogP contribution in [0.15, 0.2) is 28.7 Å². The van der Waals surface area contributed by atoms with Crippen LogP contribution in [-0.2, 0) is 5.41 Å². The van der Waals surface area contributed by atoms with Crippen LogP contribution < -0.4 is 10.6 Å². The Morgan fingerprint density at radius 1 is 1.40 bits per heavy atom. The van der Waals surface area contributed by atoms with Crippen molar-refractivity contribution in [2.24, 2.45) is 0 Å². The van der Waals surface area contributed by atoms with Crippen molar-refractivity contribution in [1.29, 1.82) is 0 Å². The molecule has 0 aliphatic rings. The molecule has 1 aromatic carbocycles. The van der Waals surface area contributed by atoms with Crippen LogP contribution in [0.1, 0.15) is 32.8 Å². The van der Waals surface area contributed by atoms with Gasteiger partial charge in [-0.2, -0.15) is 0 Å². The molecule has 5 heteroatoms. The maximum atomic E-state index is 11.7. The molecule has 112 valence electrons. The number of rotatable bonds is 6. The fourth-order valence-corrected chi connectivity index (χ4v) is 2.17. The van der Waals surface area contributed by atoms with Gasteiger partial charge in [-0.3, -0.25) is 0 Å². The molecule has 1 aromatic rings. The SMILES string of the molecule is CC(O)CCNC(=O)NCC(C)(C)c1cccc(Br)c1. The van der Waals surface area contributed by atoms with E-state index in [0.717, 1.165) is 10.0 Å². The van der Waals surface area contributed by atoms with Crippen LogP contribution in [0.4, 0.5) is 4.79 Å². The van der Waals surface area contributed by atoms with Gasteiger partial charge in [-0.15, -0.1) is 0 Å². The lowest BCUT2D eigenvalue weighted by Crippen LogP contribution is -2.42. The minimum Gasteiger partial charge on any atom is -0.393 e. The third kappa shape index (κ3) is 5.92. The number of hydrogen-bond donors (Lipinski definition) is 3. The van der Waals surface area contributed by atoms with E-state index in [-0.39, 0.29) is 11.4 Å². The van der Waals surface area contributed by atoms with E-state index in [1.807, 2.05) is 12.1 Å². The van der Waals surface area contributed by atoms with Gasteiger partial charge in [0.05, 0.1) is 6.10 Å². The molecule has 0 aliphatic heterocycles. The number of carbonyl (C=O) groups is 1. The van der Waals surface area contributed by atoms with E-state index in [1.165, 1.54) is 0 Å². The summed E-state index contributed by atoms with van der Waals surface area (Å²) in [5.41, 5.74) is 1.02. The van der Waals surface area contributed by atoms with E-state index in [1.54, 1.807) is 6.92 Å². The second kappa shape index (κ2) is 7.64. The van der Waals surface area contributed by atoms with Crippen LogP contribution in [0.5, 0.6) is 0 Å². The molecule has 1 atom stereocenters. The van der Waals surface area contributed by atoms with E-state index in [4.69, 9.17) is 5.11 Å². The van der Waals surface area contributed by atoms with Crippen LogP contribution in [0.3, 0.4) is 0 Å². The Labute approximate surface area is 129 Å². The Morgan fingerprint density at radius 2 is 2.10 bits per heavy atom. The largest absolute Gasteiger partial charge is 0.393 e. The van der Waals surface area contributed by atoms with Crippen molar-refractivity contribution in [3.05, 3.63) is 34.3 Å². The lowest BCUT2D eigenvalue weighted by atomic mass is 9.85.